The van der Waals surface area contributed by atoms with Crippen LogP contribution >= 0.6 is 12.4 Å². The zero-order valence-corrected chi connectivity index (χ0v) is 18.8. The topological polar surface area (TPSA) is 107 Å². The summed E-state index contributed by atoms with van der Waals surface area (Å²) in [5.74, 6) is 1.25. The van der Waals surface area contributed by atoms with E-state index < -0.39 is 0 Å². The minimum Gasteiger partial charge on any atom is -0.493 e. The Hall–Kier alpha value is -3.11. The van der Waals surface area contributed by atoms with Crippen LogP contribution in [0.5, 0.6) is 5.75 Å². The van der Waals surface area contributed by atoms with Gasteiger partial charge in [-0.25, -0.2) is 9.48 Å². The van der Waals surface area contributed by atoms with Crippen molar-refractivity contribution in [3.8, 4) is 5.75 Å². The number of fused-ring (bicyclic) bond motifs is 1. The van der Waals surface area contributed by atoms with Crippen LogP contribution in [0, 0.1) is 17.0 Å². The van der Waals surface area contributed by atoms with Crippen molar-refractivity contribution in [2.75, 3.05) is 44.2 Å². The van der Waals surface area contributed by atoms with E-state index in [9.17, 15) is 14.9 Å². The largest absolute Gasteiger partial charge is 0.493 e. The summed E-state index contributed by atoms with van der Waals surface area (Å²) in [6.45, 7) is 6.17. The first-order chi connectivity index (χ1) is 14.9. The first-order valence-electron chi connectivity index (χ1n) is 10.2. The zero-order valence-electron chi connectivity index (χ0n) is 18.0. The van der Waals surface area contributed by atoms with E-state index in [1.54, 1.807) is 30.8 Å². The molecular weight excluding hydrogens is 438 g/mol. The number of ether oxygens (including phenoxy) is 1. The van der Waals surface area contributed by atoms with Gasteiger partial charge in [0.1, 0.15) is 17.0 Å². The molecule has 1 aliphatic rings. The summed E-state index contributed by atoms with van der Waals surface area (Å²) < 4.78 is 12.6. The molecule has 1 aliphatic heterocycles. The first kappa shape index (κ1) is 23.6. The monoisotopic (exact) mass is 463 g/mol. The number of anilines is 1. The fourth-order valence-corrected chi connectivity index (χ4v) is 4.00. The van der Waals surface area contributed by atoms with Gasteiger partial charge in [0, 0.05) is 57.3 Å². The van der Waals surface area contributed by atoms with Crippen molar-refractivity contribution in [3.05, 3.63) is 56.6 Å². The molecule has 2 aromatic heterocycles. The van der Waals surface area contributed by atoms with Gasteiger partial charge in [0.25, 0.3) is 0 Å². The number of rotatable bonds is 7. The fourth-order valence-electron chi connectivity index (χ4n) is 4.00. The molecule has 11 heteroatoms. The Kier molecular flexibility index (Phi) is 7.37. The number of piperazine rings is 1. The number of nitrogens with zero attached hydrogens (tertiary/aromatic N) is 5. The third kappa shape index (κ3) is 5.03. The second kappa shape index (κ2) is 10.0. The molecule has 1 fully saturated rings. The maximum Gasteiger partial charge on any atom is 0.336 e. The highest BCUT2D eigenvalue weighted by Gasteiger charge is 2.30. The molecule has 0 unspecified atom stereocenters. The van der Waals surface area contributed by atoms with E-state index >= 15 is 0 Å². The highest BCUT2D eigenvalue weighted by atomic mass is 35.5. The van der Waals surface area contributed by atoms with Crippen LogP contribution in [0.1, 0.15) is 12.1 Å². The minimum atomic E-state index is -0.379. The van der Waals surface area contributed by atoms with Crippen molar-refractivity contribution in [1.82, 2.24) is 14.7 Å². The van der Waals surface area contributed by atoms with Gasteiger partial charge in [0.15, 0.2) is 0 Å². The molecule has 172 valence electrons. The fraction of sp³-hybridized carbons (Fsp3) is 0.429. The number of benzene rings is 1. The molecule has 0 atom stereocenters. The Balaban J connectivity index is 0.00000289. The van der Waals surface area contributed by atoms with E-state index in [2.05, 4.69) is 10.00 Å². The standard InChI is InChI=1S/C21H25N5O5.ClH/c1-15-20(26(28)29)21(23(2)22-15)25-11-9-24(10-12-25)8-3-13-30-17-6-4-16-5-7-19(27)31-18(16)14-17;/h4-7,14H,3,8-13H2,1-2H3;1H. The molecule has 4 rings (SSSR count). The third-order valence-electron chi connectivity index (χ3n) is 5.50. The van der Waals surface area contributed by atoms with E-state index in [0.717, 1.165) is 31.4 Å². The Morgan fingerprint density at radius 3 is 2.62 bits per heavy atom. The maximum atomic E-state index is 11.4. The van der Waals surface area contributed by atoms with Gasteiger partial charge < -0.3 is 14.1 Å². The second-order valence-corrected chi connectivity index (χ2v) is 7.62. The van der Waals surface area contributed by atoms with Crippen molar-refractivity contribution in [1.29, 1.82) is 0 Å². The van der Waals surface area contributed by atoms with Crippen molar-refractivity contribution < 1.29 is 14.1 Å². The van der Waals surface area contributed by atoms with Crippen LogP contribution in [0.2, 0.25) is 0 Å². The predicted molar refractivity (Wildman–Crippen MR) is 123 cm³/mol. The summed E-state index contributed by atoms with van der Waals surface area (Å²) in [7, 11) is 1.75. The number of halogens is 1. The summed E-state index contributed by atoms with van der Waals surface area (Å²) in [5.41, 5.74) is 0.668. The molecule has 0 bridgehead atoms. The van der Waals surface area contributed by atoms with Crippen molar-refractivity contribution >= 4 is 34.9 Å². The zero-order chi connectivity index (χ0) is 22.0. The first-order valence-corrected chi connectivity index (χ1v) is 10.2. The van der Waals surface area contributed by atoms with Crippen LogP contribution in [0.25, 0.3) is 11.0 Å². The quantitative estimate of drug-likeness (QED) is 0.228. The molecule has 32 heavy (non-hydrogen) atoms. The molecule has 1 saturated heterocycles. The van der Waals surface area contributed by atoms with E-state index in [-0.39, 0.29) is 28.6 Å². The molecule has 10 nitrogen and oxygen atoms in total. The third-order valence-corrected chi connectivity index (χ3v) is 5.50. The molecule has 0 radical (unpaired) electrons. The van der Waals surface area contributed by atoms with Crippen LogP contribution < -0.4 is 15.3 Å². The van der Waals surface area contributed by atoms with Gasteiger partial charge in [-0.15, -0.1) is 12.4 Å². The van der Waals surface area contributed by atoms with Crippen LogP contribution in [0.3, 0.4) is 0 Å². The molecule has 0 amide bonds. The van der Waals surface area contributed by atoms with E-state index in [4.69, 9.17) is 9.15 Å². The lowest BCUT2D eigenvalue weighted by molar-refractivity contribution is -0.384. The van der Waals surface area contributed by atoms with Gasteiger partial charge in [0.05, 0.1) is 11.5 Å². The van der Waals surface area contributed by atoms with E-state index in [1.807, 2.05) is 17.0 Å². The molecule has 3 aromatic rings. The average Bonchev–Trinajstić information content (AvgIpc) is 3.05. The van der Waals surface area contributed by atoms with Crippen LogP contribution in [0.4, 0.5) is 11.5 Å². The van der Waals surface area contributed by atoms with Gasteiger partial charge in [0.2, 0.25) is 5.82 Å². The summed E-state index contributed by atoms with van der Waals surface area (Å²) in [5, 5.41) is 16.5. The normalized spacial score (nSPS) is 14.4. The predicted octanol–water partition coefficient (Wildman–Crippen LogP) is 2.76. The Labute approximate surface area is 190 Å². The molecule has 0 N–H and O–H groups in total. The Bertz CT molecular complexity index is 1150. The molecule has 0 aliphatic carbocycles. The van der Waals surface area contributed by atoms with Crippen molar-refractivity contribution in [3.63, 3.8) is 0 Å². The summed E-state index contributed by atoms with van der Waals surface area (Å²) in [4.78, 5) is 26.8. The molecule has 0 spiro atoms. The maximum absolute atomic E-state index is 11.4. The van der Waals surface area contributed by atoms with E-state index in [0.29, 0.717) is 42.5 Å². The number of aryl methyl sites for hydroxylation is 2. The van der Waals surface area contributed by atoms with Crippen LogP contribution in [-0.2, 0) is 7.05 Å². The number of aromatic nitrogens is 2. The number of nitro groups is 1. The van der Waals surface area contributed by atoms with Gasteiger partial charge in [-0.3, -0.25) is 15.0 Å². The molecule has 1 aromatic carbocycles. The summed E-state index contributed by atoms with van der Waals surface area (Å²) >= 11 is 0. The lowest BCUT2D eigenvalue weighted by Crippen LogP contribution is -2.47. The highest BCUT2D eigenvalue weighted by molar-refractivity contribution is 5.85. The van der Waals surface area contributed by atoms with Gasteiger partial charge >= 0.3 is 11.3 Å². The van der Waals surface area contributed by atoms with E-state index in [1.165, 1.54) is 6.07 Å². The summed E-state index contributed by atoms with van der Waals surface area (Å²) in [6, 6.07) is 8.59. The highest BCUT2D eigenvalue weighted by Crippen LogP contribution is 2.31. The number of hydrogen-bond donors (Lipinski definition) is 0. The molecule has 0 saturated carbocycles. The van der Waals surface area contributed by atoms with Gasteiger partial charge in [-0.2, -0.15) is 5.10 Å². The van der Waals surface area contributed by atoms with Crippen LogP contribution in [-0.4, -0.2) is 58.9 Å². The lowest BCUT2D eigenvalue weighted by atomic mass is 10.2. The Morgan fingerprint density at radius 1 is 1.19 bits per heavy atom. The Morgan fingerprint density at radius 2 is 1.91 bits per heavy atom. The molecular formula is C21H26ClN5O5. The lowest BCUT2D eigenvalue weighted by Gasteiger charge is -2.35. The molecule has 3 heterocycles. The van der Waals surface area contributed by atoms with Crippen LogP contribution in [0.15, 0.2) is 39.5 Å². The smallest absolute Gasteiger partial charge is 0.336 e. The summed E-state index contributed by atoms with van der Waals surface area (Å²) in [6.07, 6.45) is 0.849. The average molecular weight is 464 g/mol. The second-order valence-electron chi connectivity index (χ2n) is 7.62. The number of hydrogen-bond acceptors (Lipinski definition) is 8. The van der Waals surface area contributed by atoms with Crippen molar-refractivity contribution in [2.24, 2.45) is 7.05 Å². The van der Waals surface area contributed by atoms with Gasteiger partial charge in [-0.05, 0) is 31.5 Å². The minimum absolute atomic E-state index is 0. The van der Waals surface area contributed by atoms with Crippen molar-refractivity contribution in [2.45, 2.75) is 13.3 Å². The van der Waals surface area contributed by atoms with Gasteiger partial charge in [-0.1, -0.05) is 0 Å². The SMILES string of the molecule is Cc1nn(C)c(N2CCN(CCCOc3ccc4ccc(=O)oc4c3)CC2)c1[N+](=O)[O-].Cl.